The van der Waals surface area contributed by atoms with Crippen molar-refractivity contribution in [2.75, 3.05) is 19.0 Å². The fourth-order valence-corrected chi connectivity index (χ4v) is 3.89. The number of carbonyl (C=O) groups is 1. The van der Waals surface area contributed by atoms with Crippen molar-refractivity contribution in [2.45, 2.75) is 30.3 Å². The molecule has 150 valence electrons. The van der Waals surface area contributed by atoms with Gasteiger partial charge >= 0.3 is 0 Å². The fraction of sp³-hybridized carbons (Fsp3) is 0.316. The Kier molecular flexibility index (Phi) is 6.15. The average molecular weight is 407 g/mol. The molecule has 0 aliphatic heterocycles. The van der Waals surface area contributed by atoms with Gasteiger partial charge in [-0.1, -0.05) is 18.2 Å². The highest BCUT2D eigenvalue weighted by Crippen LogP contribution is 2.29. The maximum Gasteiger partial charge on any atom is 0.240 e. The molecule has 7 nitrogen and oxygen atoms in total. The highest BCUT2D eigenvalue weighted by Gasteiger charge is 2.28. The maximum atomic E-state index is 13.6. The third-order valence-corrected chi connectivity index (χ3v) is 5.77. The lowest BCUT2D eigenvalue weighted by Gasteiger charge is -2.14. The summed E-state index contributed by atoms with van der Waals surface area (Å²) in [7, 11) is -2.17. The maximum absolute atomic E-state index is 13.6. The van der Waals surface area contributed by atoms with Gasteiger partial charge in [0.2, 0.25) is 15.9 Å². The summed E-state index contributed by atoms with van der Waals surface area (Å²) < 4.78 is 46.2. The summed E-state index contributed by atoms with van der Waals surface area (Å²) in [5.41, 5.74) is 0.759. The van der Waals surface area contributed by atoms with E-state index in [9.17, 15) is 17.6 Å². The second kappa shape index (κ2) is 8.57. The molecule has 0 aromatic heterocycles. The van der Waals surface area contributed by atoms with Crippen molar-refractivity contribution >= 4 is 21.6 Å². The van der Waals surface area contributed by atoms with Gasteiger partial charge < -0.3 is 15.4 Å². The number of hydrogen-bond acceptors (Lipinski definition) is 5. The van der Waals surface area contributed by atoms with Crippen LogP contribution in [0.2, 0.25) is 0 Å². The third-order valence-electron chi connectivity index (χ3n) is 4.25. The number of anilines is 1. The van der Waals surface area contributed by atoms with Gasteiger partial charge in [0, 0.05) is 18.2 Å². The van der Waals surface area contributed by atoms with Crippen LogP contribution in [0.25, 0.3) is 0 Å². The summed E-state index contributed by atoms with van der Waals surface area (Å²) in [4.78, 5) is 12.2. The second-order valence-electron chi connectivity index (χ2n) is 6.48. The topological polar surface area (TPSA) is 96.5 Å². The first-order valence-electron chi connectivity index (χ1n) is 8.83. The number of rotatable bonds is 9. The number of carbonyl (C=O) groups excluding carboxylic acids is 1. The van der Waals surface area contributed by atoms with Crippen molar-refractivity contribution in [3.63, 3.8) is 0 Å². The summed E-state index contributed by atoms with van der Waals surface area (Å²) in [5.74, 6) is -0.347. The van der Waals surface area contributed by atoms with Gasteiger partial charge in [-0.05, 0) is 37.1 Å². The molecule has 0 spiro atoms. The Morgan fingerprint density at radius 2 is 1.96 bits per heavy atom. The van der Waals surface area contributed by atoms with Crippen molar-refractivity contribution < 1.29 is 22.3 Å². The van der Waals surface area contributed by atoms with Crippen molar-refractivity contribution in [1.82, 2.24) is 10.0 Å². The molecular weight excluding hydrogens is 385 g/mol. The standard InChI is InChI=1S/C19H22FN3O4S/c1-27-18-9-8-15(28(25,26)23-14-6-7-14)10-17(18)21-12-19(24)22-11-13-4-2-3-5-16(13)20/h2-5,8-10,14,21,23H,6-7,11-12H2,1H3,(H,22,24). The van der Waals surface area contributed by atoms with Crippen molar-refractivity contribution in [2.24, 2.45) is 0 Å². The van der Waals surface area contributed by atoms with Crippen molar-refractivity contribution in [1.29, 1.82) is 0 Å². The van der Waals surface area contributed by atoms with E-state index in [0.29, 0.717) is 17.0 Å². The number of nitrogens with one attached hydrogen (secondary N) is 3. The number of ether oxygens (including phenoxy) is 1. The van der Waals surface area contributed by atoms with E-state index in [2.05, 4.69) is 15.4 Å². The first-order valence-corrected chi connectivity index (χ1v) is 10.3. The van der Waals surface area contributed by atoms with Gasteiger partial charge in [0.05, 0.1) is 24.2 Å². The van der Waals surface area contributed by atoms with E-state index in [4.69, 9.17) is 4.74 Å². The van der Waals surface area contributed by atoms with Crippen LogP contribution < -0.4 is 20.1 Å². The molecule has 0 unspecified atom stereocenters. The molecule has 2 aromatic carbocycles. The molecule has 0 saturated heterocycles. The molecule has 1 amide bonds. The third kappa shape index (κ3) is 5.20. The van der Waals surface area contributed by atoms with E-state index in [0.717, 1.165) is 12.8 Å². The van der Waals surface area contributed by atoms with Crippen LogP contribution in [-0.4, -0.2) is 34.0 Å². The van der Waals surface area contributed by atoms with Crippen molar-refractivity contribution in [3.05, 3.63) is 53.8 Å². The monoisotopic (exact) mass is 407 g/mol. The zero-order valence-corrected chi connectivity index (χ0v) is 16.2. The van der Waals surface area contributed by atoms with Gasteiger partial charge in [0.25, 0.3) is 0 Å². The van der Waals surface area contributed by atoms with Crippen LogP contribution >= 0.6 is 0 Å². The van der Waals surface area contributed by atoms with Gasteiger partial charge in [-0.2, -0.15) is 0 Å². The molecule has 1 saturated carbocycles. The predicted octanol–water partition coefficient (Wildman–Crippen LogP) is 2.00. The Hall–Kier alpha value is -2.65. The molecule has 9 heteroatoms. The molecule has 3 rings (SSSR count). The summed E-state index contributed by atoms with van der Waals surface area (Å²) in [6.07, 6.45) is 1.67. The minimum Gasteiger partial charge on any atom is -0.495 e. The van der Waals surface area contributed by atoms with Gasteiger partial charge in [-0.25, -0.2) is 17.5 Å². The molecule has 0 atom stereocenters. The van der Waals surface area contributed by atoms with E-state index in [1.165, 1.54) is 31.4 Å². The fourth-order valence-electron chi connectivity index (χ4n) is 2.55. The quantitative estimate of drug-likeness (QED) is 0.591. The van der Waals surface area contributed by atoms with E-state index < -0.39 is 15.8 Å². The average Bonchev–Trinajstić information content (AvgIpc) is 3.48. The van der Waals surface area contributed by atoms with Crippen LogP contribution in [0.1, 0.15) is 18.4 Å². The molecule has 1 aliphatic carbocycles. The Labute approximate surface area is 163 Å². The lowest BCUT2D eigenvalue weighted by molar-refractivity contribution is -0.119. The zero-order valence-electron chi connectivity index (χ0n) is 15.4. The number of halogens is 1. The van der Waals surface area contributed by atoms with Crippen LogP contribution in [0.15, 0.2) is 47.4 Å². The Bertz CT molecular complexity index is 961. The highest BCUT2D eigenvalue weighted by atomic mass is 32.2. The number of benzene rings is 2. The van der Waals surface area contributed by atoms with Crippen LogP contribution in [0.5, 0.6) is 5.75 Å². The van der Waals surface area contributed by atoms with Crippen LogP contribution in [0.4, 0.5) is 10.1 Å². The minimum atomic E-state index is -3.62. The van der Waals surface area contributed by atoms with Crippen molar-refractivity contribution in [3.8, 4) is 5.75 Å². The summed E-state index contributed by atoms with van der Waals surface area (Å²) >= 11 is 0. The number of hydrogen-bond donors (Lipinski definition) is 3. The number of amides is 1. The van der Waals surface area contributed by atoms with Crippen LogP contribution in [-0.2, 0) is 21.4 Å². The SMILES string of the molecule is COc1ccc(S(=O)(=O)NC2CC2)cc1NCC(=O)NCc1ccccc1F. The van der Waals surface area contributed by atoms with E-state index >= 15 is 0 Å². The predicted molar refractivity (Wildman–Crippen MR) is 103 cm³/mol. The smallest absolute Gasteiger partial charge is 0.240 e. The van der Waals surface area contributed by atoms with E-state index in [-0.39, 0.29) is 29.9 Å². The lowest BCUT2D eigenvalue weighted by Crippen LogP contribution is -2.30. The van der Waals surface area contributed by atoms with Gasteiger partial charge in [-0.3, -0.25) is 4.79 Å². The Balaban J connectivity index is 1.63. The van der Waals surface area contributed by atoms with E-state index in [1.807, 2.05) is 0 Å². The minimum absolute atomic E-state index is 0.00679. The second-order valence-corrected chi connectivity index (χ2v) is 8.19. The summed E-state index contributed by atoms with van der Waals surface area (Å²) in [6.45, 7) is -0.0611. The molecule has 0 radical (unpaired) electrons. The van der Waals surface area contributed by atoms with E-state index in [1.54, 1.807) is 18.2 Å². The van der Waals surface area contributed by atoms with Crippen LogP contribution in [0.3, 0.4) is 0 Å². The molecule has 28 heavy (non-hydrogen) atoms. The van der Waals surface area contributed by atoms with Gasteiger partial charge in [0.1, 0.15) is 11.6 Å². The molecular formula is C19H22FN3O4S. The molecule has 2 aromatic rings. The summed E-state index contributed by atoms with van der Waals surface area (Å²) in [6, 6.07) is 10.6. The van der Waals surface area contributed by atoms with Gasteiger partial charge in [0.15, 0.2) is 0 Å². The number of methoxy groups -OCH3 is 1. The first-order chi connectivity index (χ1) is 13.4. The normalized spacial score (nSPS) is 13.8. The molecule has 0 heterocycles. The van der Waals surface area contributed by atoms with Crippen LogP contribution in [0, 0.1) is 5.82 Å². The molecule has 1 fully saturated rings. The Morgan fingerprint density at radius 3 is 2.64 bits per heavy atom. The lowest BCUT2D eigenvalue weighted by atomic mass is 10.2. The molecule has 3 N–H and O–H groups in total. The van der Waals surface area contributed by atoms with Gasteiger partial charge in [-0.15, -0.1) is 0 Å². The first kappa shape index (κ1) is 20.1. The largest absolute Gasteiger partial charge is 0.495 e. The summed E-state index contributed by atoms with van der Waals surface area (Å²) in [5, 5.41) is 5.49. The number of sulfonamides is 1. The Morgan fingerprint density at radius 1 is 1.21 bits per heavy atom. The zero-order chi connectivity index (χ0) is 20.1. The molecule has 1 aliphatic rings. The molecule has 0 bridgehead atoms. The highest BCUT2D eigenvalue weighted by molar-refractivity contribution is 7.89.